The highest BCUT2D eigenvalue weighted by atomic mass is 35.5. The Labute approximate surface area is 199 Å². The lowest BCUT2D eigenvalue weighted by molar-refractivity contribution is -0.116. The number of nitrogens with zero attached hydrogens (tertiary/aromatic N) is 3. The Hall–Kier alpha value is -3.24. The number of rotatable bonds is 8. The predicted octanol–water partition coefficient (Wildman–Crippen LogP) is 3.90. The van der Waals surface area contributed by atoms with Crippen molar-refractivity contribution in [3.8, 4) is 11.5 Å². The Morgan fingerprint density at radius 2 is 1.79 bits per heavy atom. The van der Waals surface area contributed by atoms with Gasteiger partial charge in [0.15, 0.2) is 16.7 Å². The van der Waals surface area contributed by atoms with Gasteiger partial charge in [-0.25, -0.2) is 0 Å². The molecule has 0 atom stereocenters. The van der Waals surface area contributed by atoms with Crippen LogP contribution in [0, 0.1) is 6.92 Å². The molecule has 1 aromatic heterocycles. The average Bonchev–Trinajstić information content (AvgIpc) is 3.40. The SMILES string of the molecule is CCn1c(CC(=O)Nc2ccc(C)c(Cl)c2)nnc1SCC(=O)Nc1ccc2c(c1)OCO2. The topological polar surface area (TPSA) is 107 Å². The van der Waals surface area contributed by atoms with Gasteiger partial charge in [-0.15, -0.1) is 10.2 Å². The zero-order valence-corrected chi connectivity index (χ0v) is 19.6. The first-order valence-corrected chi connectivity index (χ1v) is 11.6. The van der Waals surface area contributed by atoms with E-state index in [1.165, 1.54) is 11.8 Å². The number of ether oxygens (including phenoxy) is 2. The van der Waals surface area contributed by atoms with Crippen molar-refractivity contribution in [3.05, 3.63) is 52.8 Å². The van der Waals surface area contributed by atoms with E-state index in [0.29, 0.717) is 45.4 Å². The Morgan fingerprint density at radius 3 is 2.58 bits per heavy atom. The molecule has 2 heterocycles. The van der Waals surface area contributed by atoms with Crippen LogP contribution in [0.5, 0.6) is 11.5 Å². The summed E-state index contributed by atoms with van der Waals surface area (Å²) in [4.78, 5) is 24.9. The van der Waals surface area contributed by atoms with Crippen LogP contribution < -0.4 is 20.1 Å². The van der Waals surface area contributed by atoms with Crippen LogP contribution in [0.15, 0.2) is 41.6 Å². The van der Waals surface area contributed by atoms with Crippen molar-refractivity contribution in [2.24, 2.45) is 0 Å². The highest BCUT2D eigenvalue weighted by Crippen LogP contribution is 2.34. The molecule has 1 aliphatic heterocycles. The molecule has 2 N–H and O–H groups in total. The maximum Gasteiger partial charge on any atom is 0.234 e. The number of benzene rings is 2. The molecule has 2 amide bonds. The minimum atomic E-state index is -0.228. The number of carbonyl (C=O) groups is 2. The van der Waals surface area contributed by atoms with Crippen LogP contribution in [0.25, 0.3) is 0 Å². The molecule has 172 valence electrons. The molecule has 0 radical (unpaired) electrons. The molecule has 3 aromatic rings. The van der Waals surface area contributed by atoms with Gasteiger partial charge in [0.25, 0.3) is 0 Å². The molecule has 0 bridgehead atoms. The largest absolute Gasteiger partial charge is 0.454 e. The second-order valence-electron chi connectivity index (χ2n) is 7.24. The first-order chi connectivity index (χ1) is 15.9. The third kappa shape index (κ3) is 5.58. The number of nitrogens with one attached hydrogen (secondary N) is 2. The van der Waals surface area contributed by atoms with E-state index in [2.05, 4.69) is 20.8 Å². The summed E-state index contributed by atoms with van der Waals surface area (Å²) in [5, 5.41) is 15.1. The van der Waals surface area contributed by atoms with Crippen LogP contribution >= 0.6 is 23.4 Å². The highest BCUT2D eigenvalue weighted by molar-refractivity contribution is 7.99. The molecule has 0 fully saturated rings. The van der Waals surface area contributed by atoms with E-state index < -0.39 is 0 Å². The van der Waals surface area contributed by atoms with Crippen molar-refractivity contribution in [3.63, 3.8) is 0 Å². The number of aryl methyl sites for hydroxylation is 1. The molecule has 11 heteroatoms. The monoisotopic (exact) mass is 487 g/mol. The second-order valence-corrected chi connectivity index (χ2v) is 8.59. The van der Waals surface area contributed by atoms with Gasteiger partial charge in [-0.1, -0.05) is 29.4 Å². The van der Waals surface area contributed by atoms with E-state index >= 15 is 0 Å². The van der Waals surface area contributed by atoms with Gasteiger partial charge < -0.3 is 24.7 Å². The van der Waals surface area contributed by atoms with Gasteiger partial charge in [-0.05, 0) is 43.7 Å². The number of aromatic nitrogens is 3. The number of fused-ring (bicyclic) bond motifs is 1. The molecular weight excluding hydrogens is 466 g/mol. The van der Waals surface area contributed by atoms with Crippen molar-refractivity contribution < 1.29 is 19.1 Å². The van der Waals surface area contributed by atoms with Crippen molar-refractivity contribution in [1.29, 1.82) is 0 Å². The lowest BCUT2D eigenvalue weighted by atomic mass is 10.2. The number of halogens is 1. The van der Waals surface area contributed by atoms with Gasteiger partial charge in [0.05, 0.1) is 12.2 Å². The number of thioether (sulfide) groups is 1. The van der Waals surface area contributed by atoms with Gasteiger partial charge in [0, 0.05) is 29.0 Å². The Kier molecular flexibility index (Phi) is 7.05. The fraction of sp³-hybridized carbons (Fsp3) is 0.273. The summed E-state index contributed by atoms with van der Waals surface area (Å²) in [6.07, 6.45) is 0.0519. The van der Waals surface area contributed by atoms with Crippen LogP contribution in [0.1, 0.15) is 18.3 Å². The van der Waals surface area contributed by atoms with E-state index in [4.69, 9.17) is 21.1 Å². The second kappa shape index (κ2) is 10.1. The summed E-state index contributed by atoms with van der Waals surface area (Å²) in [6, 6.07) is 10.6. The molecule has 1 aliphatic rings. The zero-order chi connectivity index (χ0) is 23.4. The number of hydrogen-bond donors (Lipinski definition) is 2. The minimum Gasteiger partial charge on any atom is -0.454 e. The van der Waals surface area contributed by atoms with Gasteiger partial charge in [0.2, 0.25) is 18.6 Å². The molecule has 0 saturated carbocycles. The first kappa shape index (κ1) is 22.9. The molecule has 4 rings (SSSR count). The van der Waals surface area contributed by atoms with Gasteiger partial charge in [-0.2, -0.15) is 0 Å². The van der Waals surface area contributed by atoms with E-state index in [1.54, 1.807) is 30.3 Å². The van der Waals surface area contributed by atoms with E-state index in [9.17, 15) is 9.59 Å². The quantitative estimate of drug-likeness (QED) is 0.464. The summed E-state index contributed by atoms with van der Waals surface area (Å²) in [5.41, 5.74) is 2.17. The number of anilines is 2. The molecule has 0 saturated heterocycles. The zero-order valence-electron chi connectivity index (χ0n) is 18.1. The predicted molar refractivity (Wildman–Crippen MR) is 126 cm³/mol. The van der Waals surface area contributed by atoms with Crippen molar-refractivity contribution in [1.82, 2.24) is 14.8 Å². The minimum absolute atomic E-state index is 0.0519. The van der Waals surface area contributed by atoms with Crippen molar-refractivity contribution in [2.45, 2.75) is 32.0 Å². The molecule has 0 spiro atoms. The van der Waals surface area contributed by atoms with Crippen LogP contribution in [0.2, 0.25) is 5.02 Å². The standard InChI is InChI=1S/C22H22ClN5O4S/c1-3-28-19(10-20(29)24-14-5-4-13(2)16(23)8-14)26-27-22(28)33-11-21(30)25-15-6-7-17-18(9-15)32-12-31-17/h4-9H,3,10-12H2,1-2H3,(H,24,29)(H,25,30). The van der Waals surface area contributed by atoms with E-state index in [1.807, 2.05) is 24.5 Å². The number of hydrogen-bond acceptors (Lipinski definition) is 7. The van der Waals surface area contributed by atoms with E-state index in [0.717, 1.165) is 5.56 Å². The maximum absolute atomic E-state index is 12.5. The highest BCUT2D eigenvalue weighted by Gasteiger charge is 2.17. The molecule has 33 heavy (non-hydrogen) atoms. The van der Waals surface area contributed by atoms with E-state index in [-0.39, 0.29) is 30.8 Å². The van der Waals surface area contributed by atoms with Crippen molar-refractivity contribution in [2.75, 3.05) is 23.2 Å². The van der Waals surface area contributed by atoms with Crippen LogP contribution in [-0.4, -0.2) is 39.1 Å². The van der Waals surface area contributed by atoms with Crippen LogP contribution in [0.4, 0.5) is 11.4 Å². The molecule has 0 aliphatic carbocycles. The lowest BCUT2D eigenvalue weighted by Gasteiger charge is -2.09. The third-order valence-electron chi connectivity index (χ3n) is 4.87. The molecule has 2 aromatic carbocycles. The number of amides is 2. The number of carbonyl (C=O) groups excluding carboxylic acids is 2. The fourth-order valence-electron chi connectivity index (χ4n) is 3.20. The first-order valence-electron chi connectivity index (χ1n) is 10.2. The summed E-state index contributed by atoms with van der Waals surface area (Å²) in [5.74, 6) is 1.49. The van der Waals surface area contributed by atoms with Gasteiger partial charge in [0.1, 0.15) is 5.82 Å². The molecule has 9 nitrogen and oxygen atoms in total. The Bertz CT molecular complexity index is 1200. The van der Waals surface area contributed by atoms with Gasteiger partial charge in [-0.3, -0.25) is 9.59 Å². The third-order valence-corrected chi connectivity index (χ3v) is 6.25. The normalized spacial score (nSPS) is 12.0. The maximum atomic E-state index is 12.5. The summed E-state index contributed by atoms with van der Waals surface area (Å²) < 4.78 is 12.4. The van der Waals surface area contributed by atoms with Gasteiger partial charge >= 0.3 is 0 Å². The van der Waals surface area contributed by atoms with Crippen LogP contribution in [0.3, 0.4) is 0 Å². The molecular formula is C22H22ClN5O4S. The average molecular weight is 488 g/mol. The van der Waals surface area contributed by atoms with Crippen molar-refractivity contribution >= 4 is 46.6 Å². The lowest BCUT2D eigenvalue weighted by Crippen LogP contribution is -2.18. The fourth-order valence-corrected chi connectivity index (χ4v) is 4.20. The summed E-state index contributed by atoms with van der Waals surface area (Å²) in [7, 11) is 0. The summed E-state index contributed by atoms with van der Waals surface area (Å²) >= 11 is 7.37. The smallest absolute Gasteiger partial charge is 0.234 e. The Morgan fingerprint density at radius 1 is 1.06 bits per heavy atom. The molecule has 0 unspecified atom stereocenters. The summed E-state index contributed by atoms with van der Waals surface area (Å²) in [6.45, 7) is 4.57. The Balaban J connectivity index is 1.33. The van der Waals surface area contributed by atoms with Crippen LogP contribution in [-0.2, 0) is 22.6 Å².